The summed E-state index contributed by atoms with van der Waals surface area (Å²) in [6.07, 6.45) is 2.98. The third kappa shape index (κ3) is 4.12. The van der Waals surface area contributed by atoms with Gasteiger partial charge in [-0.05, 0) is 42.8 Å². The Labute approximate surface area is 172 Å². The average Bonchev–Trinajstić information content (AvgIpc) is 2.76. The van der Waals surface area contributed by atoms with Gasteiger partial charge < -0.3 is 15.1 Å². The third-order valence-corrected chi connectivity index (χ3v) is 4.91. The average molecular weight is 409 g/mol. The first kappa shape index (κ1) is 19.5. The van der Waals surface area contributed by atoms with E-state index in [9.17, 15) is 14.5 Å². The molecular weight excluding hydrogens is 389 g/mol. The number of rotatable bonds is 5. The van der Waals surface area contributed by atoms with Crippen LogP contribution < -0.4 is 15.1 Å². The molecule has 1 fully saturated rings. The number of nitrogens with zero attached hydrogens (tertiary/aromatic N) is 6. The van der Waals surface area contributed by atoms with Crippen molar-refractivity contribution in [3.8, 4) is 0 Å². The molecule has 1 aliphatic heterocycles. The molecule has 1 N–H and O–H groups in total. The van der Waals surface area contributed by atoms with Crippen LogP contribution >= 0.6 is 0 Å². The number of pyridine rings is 1. The van der Waals surface area contributed by atoms with Gasteiger partial charge >= 0.3 is 5.69 Å². The lowest BCUT2D eigenvalue weighted by Gasteiger charge is -2.36. The van der Waals surface area contributed by atoms with E-state index in [-0.39, 0.29) is 23.1 Å². The maximum absolute atomic E-state index is 13.2. The second-order valence-electron chi connectivity index (χ2n) is 6.95. The molecule has 0 unspecified atom stereocenters. The van der Waals surface area contributed by atoms with Crippen molar-refractivity contribution in [2.24, 2.45) is 0 Å². The molecule has 4 rings (SSSR count). The van der Waals surface area contributed by atoms with Gasteiger partial charge in [0.15, 0.2) is 0 Å². The summed E-state index contributed by atoms with van der Waals surface area (Å²) in [5.74, 6) is 0.553. The van der Waals surface area contributed by atoms with Crippen LogP contribution in [0, 0.1) is 22.9 Å². The number of aromatic nitrogens is 3. The summed E-state index contributed by atoms with van der Waals surface area (Å²) in [6.45, 7) is 4.26. The molecule has 1 aliphatic rings. The van der Waals surface area contributed by atoms with Gasteiger partial charge in [0.1, 0.15) is 18.0 Å². The molecule has 3 aromatic rings. The molecule has 10 heteroatoms. The molecule has 1 saturated heterocycles. The molecule has 1 aromatic carbocycles. The number of nitro groups is 1. The van der Waals surface area contributed by atoms with E-state index in [2.05, 4.69) is 25.2 Å². The van der Waals surface area contributed by atoms with Crippen LogP contribution in [0.15, 0.2) is 48.9 Å². The van der Waals surface area contributed by atoms with Gasteiger partial charge in [0.05, 0.1) is 4.92 Å². The molecule has 0 atom stereocenters. The molecule has 0 aliphatic carbocycles. The Balaban J connectivity index is 1.54. The summed E-state index contributed by atoms with van der Waals surface area (Å²) < 4.78 is 13.2. The fourth-order valence-electron chi connectivity index (χ4n) is 3.35. The van der Waals surface area contributed by atoms with E-state index in [0.717, 1.165) is 11.3 Å². The fraction of sp³-hybridized carbons (Fsp3) is 0.250. The van der Waals surface area contributed by atoms with Gasteiger partial charge in [0.2, 0.25) is 11.6 Å². The summed E-state index contributed by atoms with van der Waals surface area (Å²) in [7, 11) is 0. The van der Waals surface area contributed by atoms with E-state index < -0.39 is 4.92 Å². The molecule has 3 heterocycles. The highest BCUT2D eigenvalue weighted by Crippen LogP contribution is 2.34. The number of nitrogens with one attached hydrogen (secondary N) is 1. The van der Waals surface area contributed by atoms with Gasteiger partial charge in [0, 0.05) is 38.1 Å². The highest BCUT2D eigenvalue weighted by Gasteiger charge is 2.29. The lowest BCUT2D eigenvalue weighted by molar-refractivity contribution is -0.383. The van der Waals surface area contributed by atoms with Crippen LogP contribution in [-0.2, 0) is 0 Å². The van der Waals surface area contributed by atoms with E-state index in [4.69, 9.17) is 0 Å². The minimum absolute atomic E-state index is 0.0994. The number of aryl methyl sites for hydroxylation is 1. The normalized spacial score (nSPS) is 13.9. The first-order valence-electron chi connectivity index (χ1n) is 9.46. The third-order valence-electron chi connectivity index (χ3n) is 4.91. The van der Waals surface area contributed by atoms with Crippen LogP contribution in [0.1, 0.15) is 5.56 Å². The maximum atomic E-state index is 13.2. The standard InChI is InChI=1S/C20H20FN7O2/c1-14-2-7-17(22-12-14)25-19-18(28(29)30)20(24-13-23-19)27-10-8-26(9-11-27)16-5-3-15(21)4-6-16/h2-7,12-13H,8-11H2,1H3,(H,22,23,24,25). The Morgan fingerprint density at radius 3 is 2.33 bits per heavy atom. The number of hydrogen-bond acceptors (Lipinski definition) is 8. The molecule has 0 bridgehead atoms. The van der Waals surface area contributed by atoms with Gasteiger partial charge in [-0.2, -0.15) is 0 Å². The Bertz CT molecular complexity index is 1040. The summed E-state index contributed by atoms with van der Waals surface area (Å²) in [6, 6.07) is 9.91. The molecule has 9 nitrogen and oxygen atoms in total. The molecule has 0 amide bonds. The summed E-state index contributed by atoms with van der Waals surface area (Å²) in [4.78, 5) is 27.8. The first-order valence-corrected chi connectivity index (χ1v) is 9.46. The summed E-state index contributed by atoms with van der Waals surface area (Å²) in [5.41, 5.74) is 1.72. The largest absolute Gasteiger partial charge is 0.368 e. The van der Waals surface area contributed by atoms with Crippen LogP contribution in [0.2, 0.25) is 0 Å². The van der Waals surface area contributed by atoms with Crippen molar-refractivity contribution in [2.75, 3.05) is 41.3 Å². The van der Waals surface area contributed by atoms with Gasteiger partial charge in [-0.1, -0.05) is 6.07 Å². The van der Waals surface area contributed by atoms with E-state index in [1.165, 1.54) is 18.5 Å². The van der Waals surface area contributed by atoms with Gasteiger partial charge in [-0.25, -0.2) is 19.3 Å². The van der Waals surface area contributed by atoms with Crippen LogP contribution in [0.3, 0.4) is 0 Å². The second-order valence-corrected chi connectivity index (χ2v) is 6.95. The number of halogens is 1. The number of benzene rings is 1. The second kappa shape index (κ2) is 8.27. The van der Waals surface area contributed by atoms with Crippen molar-refractivity contribution in [3.63, 3.8) is 0 Å². The molecule has 0 radical (unpaired) electrons. The minimum Gasteiger partial charge on any atom is -0.368 e. The van der Waals surface area contributed by atoms with Crippen molar-refractivity contribution < 1.29 is 9.31 Å². The van der Waals surface area contributed by atoms with E-state index in [1.54, 1.807) is 24.4 Å². The Morgan fingerprint density at radius 2 is 1.70 bits per heavy atom. The predicted molar refractivity (Wildman–Crippen MR) is 112 cm³/mol. The Morgan fingerprint density at radius 1 is 1.00 bits per heavy atom. The zero-order valence-electron chi connectivity index (χ0n) is 16.3. The summed E-state index contributed by atoms with van der Waals surface area (Å²) in [5, 5.41) is 14.8. The SMILES string of the molecule is Cc1ccc(Nc2ncnc(N3CCN(c4ccc(F)cc4)CC3)c2[N+](=O)[O-])nc1. The molecule has 154 valence electrons. The predicted octanol–water partition coefficient (Wildman–Crippen LogP) is 3.30. The quantitative estimate of drug-likeness (QED) is 0.506. The van der Waals surface area contributed by atoms with Crippen molar-refractivity contribution in [1.29, 1.82) is 0 Å². The van der Waals surface area contributed by atoms with E-state index in [1.807, 2.05) is 17.9 Å². The molecule has 0 spiro atoms. The lowest BCUT2D eigenvalue weighted by atomic mass is 10.2. The van der Waals surface area contributed by atoms with Crippen LogP contribution in [0.4, 0.5) is 33.2 Å². The molecular formula is C20H20FN7O2. The molecule has 2 aromatic heterocycles. The number of hydrogen-bond donors (Lipinski definition) is 1. The maximum Gasteiger partial charge on any atom is 0.353 e. The van der Waals surface area contributed by atoms with Crippen molar-refractivity contribution >= 4 is 28.8 Å². The smallest absolute Gasteiger partial charge is 0.353 e. The Kier molecular flexibility index (Phi) is 5.38. The molecule has 0 saturated carbocycles. The van der Waals surface area contributed by atoms with Gasteiger partial charge in [-0.3, -0.25) is 10.1 Å². The fourth-order valence-corrected chi connectivity index (χ4v) is 3.35. The zero-order chi connectivity index (χ0) is 21.1. The van der Waals surface area contributed by atoms with Crippen molar-refractivity contribution in [1.82, 2.24) is 15.0 Å². The van der Waals surface area contributed by atoms with Crippen LogP contribution in [0.5, 0.6) is 0 Å². The van der Waals surface area contributed by atoms with Crippen molar-refractivity contribution in [2.45, 2.75) is 6.92 Å². The number of piperazine rings is 1. The van der Waals surface area contributed by atoms with Gasteiger partial charge in [0.25, 0.3) is 0 Å². The van der Waals surface area contributed by atoms with Crippen LogP contribution in [-0.4, -0.2) is 46.1 Å². The Hall–Kier alpha value is -3.82. The van der Waals surface area contributed by atoms with E-state index >= 15 is 0 Å². The van der Waals surface area contributed by atoms with Crippen molar-refractivity contribution in [3.05, 3.63) is 70.4 Å². The van der Waals surface area contributed by atoms with Crippen LogP contribution in [0.25, 0.3) is 0 Å². The lowest BCUT2D eigenvalue weighted by Crippen LogP contribution is -2.47. The highest BCUT2D eigenvalue weighted by atomic mass is 19.1. The minimum atomic E-state index is -0.474. The van der Waals surface area contributed by atoms with E-state index in [0.29, 0.717) is 32.0 Å². The monoisotopic (exact) mass is 409 g/mol. The topological polar surface area (TPSA) is 100 Å². The first-order chi connectivity index (χ1) is 14.5. The summed E-state index contributed by atoms with van der Waals surface area (Å²) >= 11 is 0. The molecule has 30 heavy (non-hydrogen) atoms. The van der Waals surface area contributed by atoms with Gasteiger partial charge in [-0.15, -0.1) is 0 Å². The zero-order valence-corrected chi connectivity index (χ0v) is 16.3. The highest BCUT2D eigenvalue weighted by molar-refractivity contribution is 5.73. The number of anilines is 4.